The first kappa shape index (κ1) is 15.3. The third-order valence-corrected chi connectivity index (χ3v) is 2.54. The number of unbranched alkanes of at least 4 members (excludes halogenated alkanes) is 1. The van der Waals surface area contributed by atoms with Gasteiger partial charge < -0.3 is 19.3 Å². The predicted molar refractivity (Wildman–Crippen MR) is 71.2 cm³/mol. The Balaban J connectivity index is 2.47. The van der Waals surface area contributed by atoms with Crippen molar-refractivity contribution in [1.82, 2.24) is 0 Å². The first-order chi connectivity index (χ1) is 9.19. The molecule has 0 saturated carbocycles. The molecule has 1 rings (SSSR count). The number of ether oxygens (including phenoxy) is 3. The summed E-state index contributed by atoms with van der Waals surface area (Å²) in [6.07, 6.45) is 2.14. The minimum absolute atomic E-state index is 0.170. The van der Waals surface area contributed by atoms with Crippen LogP contribution < -0.4 is 9.47 Å². The maximum absolute atomic E-state index is 10.8. The smallest absolute Gasteiger partial charge is 0.335 e. The van der Waals surface area contributed by atoms with E-state index >= 15 is 0 Å². The van der Waals surface area contributed by atoms with Gasteiger partial charge in [0.15, 0.2) is 11.5 Å². The Kier molecular flexibility index (Phi) is 6.74. The molecule has 0 fully saturated rings. The molecule has 0 amide bonds. The van der Waals surface area contributed by atoms with Gasteiger partial charge in [-0.15, -0.1) is 0 Å². The van der Waals surface area contributed by atoms with Gasteiger partial charge in [0.25, 0.3) is 0 Å². The molecule has 0 heterocycles. The number of hydrogen-bond donors (Lipinski definition) is 1. The van der Waals surface area contributed by atoms with Crippen LogP contribution in [0.5, 0.6) is 11.5 Å². The quantitative estimate of drug-likeness (QED) is 0.697. The van der Waals surface area contributed by atoms with E-state index in [-0.39, 0.29) is 5.56 Å². The van der Waals surface area contributed by atoms with Gasteiger partial charge in [-0.05, 0) is 24.6 Å². The number of hydrogen-bond acceptors (Lipinski definition) is 4. The molecule has 0 spiro atoms. The van der Waals surface area contributed by atoms with Crippen LogP contribution >= 0.6 is 0 Å². The number of rotatable bonds is 9. The molecule has 1 aromatic carbocycles. The summed E-state index contributed by atoms with van der Waals surface area (Å²) in [5.74, 6) is -0.0622. The lowest BCUT2D eigenvalue weighted by Crippen LogP contribution is -2.08. The minimum atomic E-state index is -0.993. The highest BCUT2D eigenvalue weighted by atomic mass is 16.5. The van der Waals surface area contributed by atoms with Crippen LogP contribution in [0.4, 0.5) is 0 Å². The molecular weight excluding hydrogens is 248 g/mol. The minimum Gasteiger partial charge on any atom is -0.493 e. The van der Waals surface area contributed by atoms with Gasteiger partial charge in [-0.2, -0.15) is 0 Å². The summed E-state index contributed by atoms with van der Waals surface area (Å²) >= 11 is 0. The first-order valence-electron chi connectivity index (χ1n) is 6.31. The van der Waals surface area contributed by atoms with E-state index in [1.165, 1.54) is 19.2 Å². The van der Waals surface area contributed by atoms with Crippen molar-refractivity contribution in [3.8, 4) is 11.5 Å². The summed E-state index contributed by atoms with van der Waals surface area (Å²) in [5.41, 5.74) is 0.170. The number of carboxylic acid groups (broad SMARTS) is 1. The molecular formula is C14H20O5. The lowest BCUT2D eigenvalue weighted by atomic mass is 10.2. The number of benzene rings is 1. The molecule has 5 heteroatoms. The van der Waals surface area contributed by atoms with Crippen molar-refractivity contribution in [2.24, 2.45) is 0 Å². The number of aromatic carboxylic acids is 1. The fourth-order valence-electron chi connectivity index (χ4n) is 1.48. The van der Waals surface area contributed by atoms with Gasteiger partial charge in [-0.25, -0.2) is 4.79 Å². The lowest BCUT2D eigenvalue weighted by molar-refractivity contribution is 0.0696. The van der Waals surface area contributed by atoms with Crippen LogP contribution in [0.15, 0.2) is 18.2 Å². The van der Waals surface area contributed by atoms with E-state index in [0.717, 1.165) is 19.4 Å². The first-order valence-corrected chi connectivity index (χ1v) is 6.31. The summed E-state index contributed by atoms with van der Waals surface area (Å²) in [4.78, 5) is 10.8. The van der Waals surface area contributed by atoms with Crippen LogP contribution in [-0.2, 0) is 4.74 Å². The van der Waals surface area contributed by atoms with Crippen molar-refractivity contribution in [3.63, 3.8) is 0 Å². The van der Waals surface area contributed by atoms with E-state index in [1.54, 1.807) is 6.07 Å². The van der Waals surface area contributed by atoms with Gasteiger partial charge in [0, 0.05) is 6.61 Å². The molecule has 1 N–H and O–H groups in total. The Bertz CT molecular complexity index is 403. The van der Waals surface area contributed by atoms with Gasteiger partial charge in [0.1, 0.15) is 6.61 Å². The Morgan fingerprint density at radius 2 is 2.00 bits per heavy atom. The molecule has 5 nitrogen and oxygen atoms in total. The summed E-state index contributed by atoms with van der Waals surface area (Å²) in [6, 6.07) is 4.52. The van der Waals surface area contributed by atoms with E-state index in [4.69, 9.17) is 19.3 Å². The zero-order valence-corrected chi connectivity index (χ0v) is 11.3. The van der Waals surface area contributed by atoms with E-state index in [1.807, 2.05) is 0 Å². The molecule has 0 radical (unpaired) electrons. The monoisotopic (exact) mass is 268 g/mol. The van der Waals surface area contributed by atoms with Crippen molar-refractivity contribution in [2.45, 2.75) is 19.8 Å². The predicted octanol–water partition coefficient (Wildman–Crippen LogP) is 2.59. The highest BCUT2D eigenvalue weighted by Gasteiger charge is 2.09. The standard InChI is InChI=1S/C14H20O5/c1-3-4-7-18-8-9-19-12-6-5-11(14(15)16)10-13(12)17-2/h5-6,10H,3-4,7-9H2,1-2H3,(H,15,16). The normalized spacial score (nSPS) is 10.2. The fraction of sp³-hybridized carbons (Fsp3) is 0.500. The van der Waals surface area contributed by atoms with Crippen molar-refractivity contribution in [3.05, 3.63) is 23.8 Å². The van der Waals surface area contributed by atoms with Crippen LogP contribution in [0.25, 0.3) is 0 Å². The molecule has 0 aromatic heterocycles. The van der Waals surface area contributed by atoms with Gasteiger partial charge in [0.05, 0.1) is 19.3 Å². The molecule has 0 saturated heterocycles. The Hall–Kier alpha value is -1.75. The number of carboxylic acids is 1. The second-order valence-electron chi connectivity index (χ2n) is 3.99. The van der Waals surface area contributed by atoms with Gasteiger partial charge in [0.2, 0.25) is 0 Å². The van der Waals surface area contributed by atoms with E-state index in [2.05, 4.69) is 6.92 Å². The fourth-order valence-corrected chi connectivity index (χ4v) is 1.48. The molecule has 1 aromatic rings. The second kappa shape index (κ2) is 8.37. The summed E-state index contributed by atoms with van der Waals surface area (Å²) < 4.78 is 16.0. The lowest BCUT2D eigenvalue weighted by Gasteiger charge is -2.11. The van der Waals surface area contributed by atoms with E-state index in [9.17, 15) is 4.79 Å². The largest absolute Gasteiger partial charge is 0.493 e. The molecule has 106 valence electrons. The molecule has 0 atom stereocenters. The van der Waals surface area contributed by atoms with Crippen molar-refractivity contribution >= 4 is 5.97 Å². The average Bonchev–Trinajstić information content (AvgIpc) is 2.42. The topological polar surface area (TPSA) is 65.0 Å². The average molecular weight is 268 g/mol. The molecule has 0 aliphatic heterocycles. The third-order valence-electron chi connectivity index (χ3n) is 2.54. The number of carbonyl (C=O) groups is 1. The van der Waals surface area contributed by atoms with E-state index < -0.39 is 5.97 Å². The zero-order chi connectivity index (χ0) is 14.1. The SMILES string of the molecule is CCCCOCCOc1ccc(C(=O)O)cc1OC. The van der Waals surface area contributed by atoms with Crippen LogP contribution in [0.2, 0.25) is 0 Å². The molecule has 0 bridgehead atoms. The molecule has 0 aliphatic carbocycles. The molecule has 0 aliphatic rings. The maximum Gasteiger partial charge on any atom is 0.335 e. The van der Waals surface area contributed by atoms with Gasteiger partial charge in [-0.3, -0.25) is 0 Å². The highest BCUT2D eigenvalue weighted by Crippen LogP contribution is 2.27. The van der Waals surface area contributed by atoms with Gasteiger partial charge >= 0.3 is 5.97 Å². The van der Waals surface area contributed by atoms with Crippen molar-refractivity contribution in [1.29, 1.82) is 0 Å². The highest BCUT2D eigenvalue weighted by molar-refractivity contribution is 5.88. The molecule has 19 heavy (non-hydrogen) atoms. The Morgan fingerprint density at radius 3 is 2.63 bits per heavy atom. The Morgan fingerprint density at radius 1 is 1.21 bits per heavy atom. The summed E-state index contributed by atoms with van der Waals surface area (Å²) in [6.45, 7) is 3.75. The van der Waals surface area contributed by atoms with Gasteiger partial charge in [-0.1, -0.05) is 13.3 Å². The van der Waals surface area contributed by atoms with Crippen LogP contribution in [-0.4, -0.2) is 38.0 Å². The van der Waals surface area contributed by atoms with Crippen molar-refractivity contribution in [2.75, 3.05) is 26.9 Å². The Labute approximate surface area is 113 Å². The number of methoxy groups -OCH3 is 1. The van der Waals surface area contributed by atoms with Crippen LogP contribution in [0, 0.1) is 0 Å². The molecule has 0 unspecified atom stereocenters. The van der Waals surface area contributed by atoms with Crippen molar-refractivity contribution < 1.29 is 24.1 Å². The third kappa shape index (κ3) is 5.18. The van der Waals surface area contributed by atoms with Crippen LogP contribution in [0.1, 0.15) is 30.1 Å². The zero-order valence-electron chi connectivity index (χ0n) is 11.3. The maximum atomic E-state index is 10.8. The second-order valence-corrected chi connectivity index (χ2v) is 3.99. The van der Waals surface area contributed by atoms with E-state index in [0.29, 0.717) is 24.7 Å². The summed E-state index contributed by atoms with van der Waals surface area (Å²) in [7, 11) is 1.48. The summed E-state index contributed by atoms with van der Waals surface area (Å²) in [5, 5.41) is 8.88. The van der Waals surface area contributed by atoms with Crippen LogP contribution in [0.3, 0.4) is 0 Å².